The van der Waals surface area contributed by atoms with Crippen LogP contribution in [0.5, 0.6) is 0 Å². The predicted octanol–water partition coefficient (Wildman–Crippen LogP) is 3.60. The molecular formula is C18H19F5N4O2. The first-order chi connectivity index (χ1) is 13.5. The van der Waals surface area contributed by atoms with Crippen LogP contribution in [0, 0.1) is 0 Å². The van der Waals surface area contributed by atoms with Gasteiger partial charge in [-0.05, 0) is 19.1 Å². The summed E-state index contributed by atoms with van der Waals surface area (Å²) in [5, 5.41) is 6.07. The molecule has 1 aromatic heterocycles. The molecule has 1 atom stereocenters. The Morgan fingerprint density at radius 3 is 2.41 bits per heavy atom. The van der Waals surface area contributed by atoms with Gasteiger partial charge >= 0.3 is 12.1 Å². The third kappa shape index (κ3) is 5.49. The Balaban J connectivity index is 1.55. The van der Waals surface area contributed by atoms with Gasteiger partial charge in [0, 0.05) is 49.6 Å². The molecule has 3 rings (SSSR count). The highest BCUT2D eigenvalue weighted by Crippen LogP contribution is 2.29. The van der Waals surface area contributed by atoms with Gasteiger partial charge in [0.15, 0.2) is 0 Å². The van der Waals surface area contributed by atoms with Crippen molar-refractivity contribution in [1.82, 2.24) is 20.4 Å². The molecular weight excluding hydrogens is 399 g/mol. The fourth-order valence-electron chi connectivity index (χ4n) is 3.03. The van der Waals surface area contributed by atoms with Crippen LogP contribution in [0.2, 0.25) is 0 Å². The Morgan fingerprint density at radius 2 is 1.86 bits per heavy atom. The van der Waals surface area contributed by atoms with Crippen LogP contribution in [0.4, 0.5) is 22.0 Å². The van der Waals surface area contributed by atoms with Crippen LogP contribution in [0.25, 0.3) is 11.4 Å². The minimum absolute atomic E-state index is 0.193. The number of benzene rings is 1. The van der Waals surface area contributed by atoms with Crippen LogP contribution in [0.1, 0.15) is 36.0 Å². The number of hydrogen-bond donors (Lipinski definition) is 1. The van der Waals surface area contributed by atoms with E-state index in [0.29, 0.717) is 12.1 Å². The molecule has 11 heteroatoms. The number of aromatic nitrogens is 2. The third-order valence-electron chi connectivity index (χ3n) is 4.57. The molecule has 1 N–H and O–H groups in total. The SMILES string of the molecule is C[C@H](CN1CCC(F)(F)CC1)NC(=O)c1ccc(-c2noc(C(F)(F)F)n2)cc1. The van der Waals surface area contributed by atoms with Gasteiger partial charge in [-0.25, -0.2) is 8.78 Å². The Hall–Kier alpha value is -2.56. The first-order valence-electron chi connectivity index (χ1n) is 8.96. The lowest BCUT2D eigenvalue weighted by atomic mass is 10.1. The van der Waals surface area contributed by atoms with E-state index in [2.05, 4.69) is 20.0 Å². The summed E-state index contributed by atoms with van der Waals surface area (Å²) in [6.07, 6.45) is -5.12. The van der Waals surface area contributed by atoms with Crippen molar-refractivity contribution in [3.8, 4) is 11.4 Å². The Bertz CT molecular complexity index is 841. The molecule has 1 fully saturated rings. The summed E-state index contributed by atoms with van der Waals surface area (Å²) in [4.78, 5) is 17.5. The number of piperidine rings is 1. The molecule has 1 amide bonds. The van der Waals surface area contributed by atoms with Crippen molar-refractivity contribution in [2.75, 3.05) is 19.6 Å². The molecule has 1 aliphatic heterocycles. The molecule has 1 aromatic carbocycles. The molecule has 0 saturated carbocycles. The first kappa shape index (κ1) is 21.2. The van der Waals surface area contributed by atoms with E-state index < -0.39 is 18.0 Å². The fraction of sp³-hybridized carbons (Fsp3) is 0.500. The molecule has 29 heavy (non-hydrogen) atoms. The van der Waals surface area contributed by atoms with Crippen LogP contribution in [-0.2, 0) is 6.18 Å². The van der Waals surface area contributed by atoms with Gasteiger partial charge in [-0.15, -0.1) is 0 Å². The molecule has 2 aromatic rings. The highest BCUT2D eigenvalue weighted by atomic mass is 19.4. The van der Waals surface area contributed by atoms with Crippen molar-refractivity contribution in [2.24, 2.45) is 0 Å². The van der Waals surface area contributed by atoms with Crippen molar-refractivity contribution in [3.63, 3.8) is 0 Å². The highest BCUT2D eigenvalue weighted by Gasteiger charge is 2.38. The summed E-state index contributed by atoms with van der Waals surface area (Å²) in [5.74, 6) is -4.68. The van der Waals surface area contributed by atoms with E-state index in [-0.39, 0.29) is 49.3 Å². The Kier molecular flexibility index (Phi) is 5.87. The van der Waals surface area contributed by atoms with Gasteiger partial charge in [-0.1, -0.05) is 17.3 Å². The van der Waals surface area contributed by atoms with Gasteiger partial charge < -0.3 is 14.7 Å². The lowest BCUT2D eigenvalue weighted by molar-refractivity contribution is -0.159. The quantitative estimate of drug-likeness (QED) is 0.752. The smallest absolute Gasteiger partial charge is 0.348 e. The van der Waals surface area contributed by atoms with Crippen molar-refractivity contribution in [2.45, 2.75) is 37.9 Å². The second-order valence-corrected chi connectivity index (χ2v) is 7.03. The molecule has 158 valence electrons. The molecule has 0 radical (unpaired) electrons. The largest absolute Gasteiger partial charge is 0.471 e. The number of amides is 1. The van der Waals surface area contributed by atoms with Crippen LogP contribution in [0.3, 0.4) is 0 Å². The summed E-state index contributed by atoms with van der Waals surface area (Å²) in [6.45, 7) is 2.76. The van der Waals surface area contributed by atoms with E-state index in [1.54, 1.807) is 6.92 Å². The molecule has 1 saturated heterocycles. The number of carbonyl (C=O) groups is 1. The maximum Gasteiger partial charge on any atom is 0.471 e. The first-order valence-corrected chi connectivity index (χ1v) is 8.96. The van der Waals surface area contributed by atoms with Gasteiger partial charge in [0.1, 0.15) is 0 Å². The maximum absolute atomic E-state index is 13.2. The molecule has 0 bridgehead atoms. The second-order valence-electron chi connectivity index (χ2n) is 7.03. The number of nitrogens with zero attached hydrogens (tertiary/aromatic N) is 3. The summed E-state index contributed by atoms with van der Waals surface area (Å²) >= 11 is 0. The lowest BCUT2D eigenvalue weighted by Crippen LogP contribution is -2.46. The van der Waals surface area contributed by atoms with Gasteiger partial charge in [-0.2, -0.15) is 18.2 Å². The summed E-state index contributed by atoms with van der Waals surface area (Å²) in [7, 11) is 0. The average Bonchev–Trinajstić information content (AvgIpc) is 3.14. The zero-order valence-electron chi connectivity index (χ0n) is 15.5. The molecule has 6 nitrogen and oxygen atoms in total. The maximum atomic E-state index is 13.2. The number of carbonyl (C=O) groups excluding carboxylic acids is 1. The van der Waals surface area contributed by atoms with E-state index in [1.807, 2.05) is 4.90 Å². The topological polar surface area (TPSA) is 71.3 Å². The zero-order chi connectivity index (χ0) is 21.2. The van der Waals surface area contributed by atoms with Gasteiger partial charge in [0.05, 0.1) is 0 Å². The molecule has 0 unspecified atom stereocenters. The standard InChI is InChI=1S/C18H19F5N4O2/c1-11(10-27-8-6-17(19,20)7-9-27)24-15(28)13-4-2-12(3-5-13)14-25-16(29-26-14)18(21,22)23/h2-5,11H,6-10H2,1H3,(H,24,28)/t11-/m1/s1. The number of rotatable bonds is 5. The Morgan fingerprint density at radius 1 is 1.24 bits per heavy atom. The van der Waals surface area contributed by atoms with Crippen LogP contribution >= 0.6 is 0 Å². The number of alkyl halides is 5. The molecule has 0 spiro atoms. The van der Waals surface area contributed by atoms with E-state index in [1.165, 1.54) is 24.3 Å². The highest BCUT2D eigenvalue weighted by molar-refractivity contribution is 5.94. The minimum atomic E-state index is -4.73. The average molecular weight is 418 g/mol. The van der Waals surface area contributed by atoms with Crippen molar-refractivity contribution in [1.29, 1.82) is 0 Å². The molecule has 1 aliphatic rings. The Labute approximate surface area is 163 Å². The third-order valence-corrected chi connectivity index (χ3v) is 4.57. The van der Waals surface area contributed by atoms with E-state index >= 15 is 0 Å². The second kappa shape index (κ2) is 8.05. The van der Waals surface area contributed by atoms with Crippen LogP contribution < -0.4 is 5.32 Å². The fourth-order valence-corrected chi connectivity index (χ4v) is 3.03. The van der Waals surface area contributed by atoms with Crippen molar-refractivity contribution in [3.05, 3.63) is 35.7 Å². The number of nitrogens with one attached hydrogen (secondary N) is 1. The molecule has 2 heterocycles. The van der Waals surface area contributed by atoms with E-state index in [0.717, 1.165) is 0 Å². The van der Waals surface area contributed by atoms with Crippen molar-refractivity contribution >= 4 is 5.91 Å². The minimum Gasteiger partial charge on any atom is -0.348 e. The number of hydrogen-bond acceptors (Lipinski definition) is 5. The van der Waals surface area contributed by atoms with Crippen LogP contribution in [0.15, 0.2) is 28.8 Å². The van der Waals surface area contributed by atoms with E-state index in [9.17, 15) is 26.7 Å². The molecule has 0 aliphatic carbocycles. The predicted molar refractivity (Wildman–Crippen MR) is 92.3 cm³/mol. The van der Waals surface area contributed by atoms with Crippen LogP contribution in [-0.4, -0.2) is 52.5 Å². The summed E-state index contributed by atoms with van der Waals surface area (Å²) in [6, 6.07) is 5.43. The lowest BCUT2D eigenvalue weighted by Gasteiger charge is -2.33. The van der Waals surface area contributed by atoms with Gasteiger partial charge in [0.2, 0.25) is 5.82 Å². The van der Waals surface area contributed by atoms with Gasteiger partial charge in [0.25, 0.3) is 11.8 Å². The normalized spacial score (nSPS) is 18.4. The van der Waals surface area contributed by atoms with E-state index in [4.69, 9.17) is 0 Å². The monoisotopic (exact) mass is 418 g/mol. The number of halogens is 5. The zero-order valence-corrected chi connectivity index (χ0v) is 15.5. The summed E-state index contributed by atoms with van der Waals surface area (Å²) < 4.78 is 68.1. The number of likely N-dealkylation sites (tertiary alicyclic amines) is 1. The summed E-state index contributed by atoms with van der Waals surface area (Å²) in [5.41, 5.74) is 0.563. The van der Waals surface area contributed by atoms with Gasteiger partial charge in [-0.3, -0.25) is 4.79 Å². The van der Waals surface area contributed by atoms with Crippen molar-refractivity contribution < 1.29 is 31.3 Å².